The molecule has 2 saturated heterocycles. The molecule has 2 unspecified atom stereocenters. The third kappa shape index (κ3) is 4.45. The van der Waals surface area contributed by atoms with Crippen LogP contribution in [0, 0.1) is 18.7 Å². The average Bonchev–Trinajstić information content (AvgIpc) is 3.30. The summed E-state index contributed by atoms with van der Waals surface area (Å²) in [6, 6.07) is 7.67. The second-order valence-corrected chi connectivity index (χ2v) is 8.07. The largest absolute Gasteiger partial charge is 0.464 e. The number of benzene rings is 1. The van der Waals surface area contributed by atoms with Gasteiger partial charge in [0.2, 0.25) is 5.78 Å². The van der Waals surface area contributed by atoms with Gasteiger partial charge in [0.05, 0.1) is 19.8 Å². The molecule has 164 valence electrons. The van der Waals surface area contributed by atoms with Gasteiger partial charge in [-0.05, 0) is 43.3 Å². The Kier molecular flexibility index (Phi) is 6.29. The van der Waals surface area contributed by atoms with E-state index >= 15 is 0 Å². The first-order chi connectivity index (χ1) is 15.0. The molecule has 31 heavy (non-hydrogen) atoms. The quantitative estimate of drug-likeness (QED) is 0.403. The van der Waals surface area contributed by atoms with Crippen LogP contribution in [-0.4, -0.2) is 61.8 Å². The molecule has 2 aromatic rings. The smallest absolute Gasteiger partial charge is 0.291 e. The number of aryl methyl sites for hydroxylation is 1. The Morgan fingerprint density at radius 3 is 2.48 bits per heavy atom. The van der Waals surface area contributed by atoms with Gasteiger partial charge in [0.25, 0.3) is 5.91 Å². The van der Waals surface area contributed by atoms with Gasteiger partial charge in [-0.2, -0.15) is 0 Å². The first kappa shape index (κ1) is 21.4. The number of ketones is 2. The summed E-state index contributed by atoms with van der Waals surface area (Å²) in [4.78, 5) is 41.8. The van der Waals surface area contributed by atoms with Crippen LogP contribution in [0.25, 0.3) is 0 Å². The highest BCUT2D eigenvalue weighted by molar-refractivity contribution is 6.44. The first-order valence-corrected chi connectivity index (χ1v) is 10.6. The summed E-state index contributed by atoms with van der Waals surface area (Å²) in [6.45, 7) is 6.25. The zero-order valence-electron chi connectivity index (χ0n) is 17.4. The Labute approximate surface area is 179 Å². The molecule has 0 bridgehead atoms. The van der Waals surface area contributed by atoms with Gasteiger partial charge in [-0.25, -0.2) is 4.39 Å². The summed E-state index contributed by atoms with van der Waals surface area (Å²) in [5.74, 6) is -2.55. The van der Waals surface area contributed by atoms with E-state index in [1.807, 2.05) is 0 Å². The van der Waals surface area contributed by atoms with Crippen LogP contribution < -0.4 is 4.90 Å². The van der Waals surface area contributed by atoms with Crippen LogP contribution in [0.4, 0.5) is 4.39 Å². The number of nitrogens with one attached hydrogen (secondary N) is 1. The summed E-state index contributed by atoms with van der Waals surface area (Å²) in [7, 11) is 0. The fourth-order valence-corrected chi connectivity index (χ4v) is 4.36. The number of ether oxygens (including phenoxy) is 1. The lowest BCUT2D eigenvalue weighted by Gasteiger charge is -2.27. The Hall–Kier alpha value is -2.84. The number of halogens is 1. The topological polar surface area (TPSA) is 81.3 Å². The Bertz CT molecular complexity index is 965. The minimum absolute atomic E-state index is 0.195. The summed E-state index contributed by atoms with van der Waals surface area (Å²) >= 11 is 0. The van der Waals surface area contributed by atoms with E-state index in [2.05, 4.69) is 0 Å². The highest BCUT2D eigenvalue weighted by Gasteiger charge is 2.52. The molecule has 2 aliphatic heterocycles. The van der Waals surface area contributed by atoms with E-state index in [9.17, 15) is 18.8 Å². The summed E-state index contributed by atoms with van der Waals surface area (Å²) < 4.78 is 24.4. The van der Waals surface area contributed by atoms with Crippen molar-refractivity contribution in [1.82, 2.24) is 4.90 Å². The molecule has 0 spiro atoms. The fraction of sp³-hybridized carbons (Fsp3) is 0.435. The molecule has 0 saturated carbocycles. The van der Waals surface area contributed by atoms with Crippen molar-refractivity contribution in [3.05, 3.63) is 59.3 Å². The van der Waals surface area contributed by atoms with Gasteiger partial charge < -0.3 is 19.0 Å². The SMILES string of the molecule is Cc1ccc(C2C(C(=O)c3ccc(F)cc3)C(=O)C(=O)N2CCC[NH+]2CCOCC2)o1. The van der Waals surface area contributed by atoms with Crippen LogP contribution in [0.3, 0.4) is 0 Å². The number of amides is 1. The maximum Gasteiger partial charge on any atom is 0.291 e. The minimum Gasteiger partial charge on any atom is -0.464 e. The Morgan fingerprint density at radius 2 is 1.84 bits per heavy atom. The van der Waals surface area contributed by atoms with Crippen LogP contribution in [0.2, 0.25) is 0 Å². The standard InChI is InChI=1S/C23H25FN2O5/c1-15-3-8-18(31-15)20-19(21(27)16-4-6-17(24)7-5-16)22(28)23(29)26(20)10-2-9-25-11-13-30-14-12-25/h3-8,19-20H,2,9-14H2,1H3/p+1. The lowest BCUT2D eigenvalue weighted by molar-refractivity contribution is -0.908. The predicted octanol–water partition coefficient (Wildman–Crippen LogP) is 0.984. The molecule has 0 radical (unpaired) electrons. The maximum atomic E-state index is 13.3. The van der Waals surface area contributed by atoms with Crippen LogP contribution >= 0.6 is 0 Å². The summed E-state index contributed by atoms with van der Waals surface area (Å²) in [6.07, 6.45) is 0.696. The molecule has 2 aliphatic rings. The number of rotatable bonds is 7. The van der Waals surface area contributed by atoms with Crippen molar-refractivity contribution < 1.29 is 32.8 Å². The summed E-state index contributed by atoms with van der Waals surface area (Å²) in [5.41, 5.74) is 0.195. The number of hydrogen-bond donors (Lipinski definition) is 1. The fourth-order valence-electron chi connectivity index (χ4n) is 4.36. The van der Waals surface area contributed by atoms with E-state index < -0.39 is 35.3 Å². The number of morpholine rings is 1. The molecule has 1 amide bonds. The van der Waals surface area contributed by atoms with Crippen LogP contribution in [-0.2, 0) is 14.3 Å². The zero-order chi connectivity index (χ0) is 22.0. The molecule has 7 nitrogen and oxygen atoms in total. The number of carbonyl (C=O) groups is 3. The second kappa shape index (κ2) is 9.11. The second-order valence-electron chi connectivity index (χ2n) is 8.07. The molecule has 0 aliphatic carbocycles. The maximum absolute atomic E-state index is 13.3. The van der Waals surface area contributed by atoms with Gasteiger partial charge in [0.15, 0.2) is 5.78 Å². The zero-order valence-corrected chi connectivity index (χ0v) is 17.4. The molecule has 1 aromatic heterocycles. The predicted molar refractivity (Wildman–Crippen MR) is 108 cm³/mol. The first-order valence-electron chi connectivity index (χ1n) is 10.6. The van der Waals surface area contributed by atoms with Crippen molar-refractivity contribution in [1.29, 1.82) is 0 Å². The molecule has 1 aromatic carbocycles. The van der Waals surface area contributed by atoms with E-state index in [4.69, 9.17) is 9.15 Å². The number of Topliss-reactive ketones (excluding diaryl/α,β-unsaturated/α-hetero) is 2. The normalized spacial score (nSPS) is 22.3. The number of carbonyl (C=O) groups excluding carboxylic acids is 3. The van der Waals surface area contributed by atoms with E-state index in [0.29, 0.717) is 24.5 Å². The van der Waals surface area contributed by atoms with E-state index in [1.54, 1.807) is 19.1 Å². The molecule has 4 rings (SSSR count). The molecule has 1 N–H and O–H groups in total. The molecule has 3 heterocycles. The van der Waals surface area contributed by atoms with E-state index in [-0.39, 0.29) is 5.56 Å². The third-order valence-electron chi connectivity index (χ3n) is 6.00. The lowest BCUT2D eigenvalue weighted by atomic mass is 9.88. The van der Waals surface area contributed by atoms with Crippen molar-refractivity contribution in [3.8, 4) is 0 Å². The molecule has 2 fully saturated rings. The molecule has 2 atom stereocenters. The third-order valence-corrected chi connectivity index (χ3v) is 6.00. The van der Waals surface area contributed by atoms with Crippen molar-refractivity contribution in [3.63, 3.8) is 0 Å². The van der Waals surface area contributed by atoms with Crippen molar-refractivity contribution >= 4 is 17.5 Å². The van der Waals surface area contributed by atoms with Gasteiger partial charge in [-0.15, -0.1) is 0 Å². The molecular formula is C23H26FN2O5+. The average molecular weight is 429 g/mol. The van der Waals surface area contributed by atoms with Gasteiger partial charge >= 0.3 is 0 Å². The number of quaternary nitrogens is 1. The van der Waals surface area contributed by atoms with Crippen LogP contribution in [0.1, 0.15) is 34.3 Å². The molecule has 8 heteroatoms. The number of nitrogens with zero attached hydrogens (tertiary/aromatic N) is 1. The summed E-state index contributed by atoms with van der Waals surface area (Å²) in [5, 5.41) is 0. The highest BCUT2D eigenvalue weighted by atomic mass is 19.1. The Morgan fingerprint density at radius 1 is 1.13 bits per heavy atom. The van der Waals surface area contributed by atoms with E-state index in [1.165, 1.54) is 34.1 Å². The van der Waals surface area contributed by atoms with Crippen molar-refractivity contribution in [2.45, 2.75) is 19.4 Å². The van der Waals surface area contributed by atoms with Crippen molar-refractivity contribution in [2.24, 2.45) is 5.92 Å². The van der Waals surface area contributed by atoms with Gasteiger partial charge in [-0.3, -0.25) is 14.4 Å². The van der Waals surface area contributed by atoms with Crippen molar-refractivity contribution in [2.75, 3.05) is 39.4 Å². The Balaban J connectivity index is 1.57. The van der Waals surface area contributed by atoms with Crippen LogP contribution in [0.5, 0.6) is 0 Å². The monoisotopic (exact) mass is 429 g/mol. The minimum atomic E-state index is -1.21. The van der Waals surface area contributed by atoms with Gasteiger partial charge in [0.1, 0.15) is 42.4 Å². The highest BCUT2D eigenvalue weighted by Crippen LogP contribution is 2.38. The molecular weight excluding hydrogens is 403 g/mol. The number of likely N-dealkylation sites (tertiary alicyclic amines) is 1. The van der Waals surface area contributed by atoms with Gasteiger partial charge in [0, 0.05) is 18.5 Å². The van der Waals surface area contributed by atoms with Crippen LogP contribution in [0.15, 0.2) is 40.8 Å². The van der Waals surface area contributed by atoms with Gasteiger partial charge in [-0.1, -0.05) is 0 Å². The lowest BCUT2D eigenvalue weighted by Crippen LogP contribution is -3.14. The number of hydrogen-bond acceptors (Lipinski definition) is 5. The number of furan rings is 1. The van der Waals surface area contributed by atoms with E-state index in [0.717, 1.165) is 32.8 Å².